The van der Waals surface area contributed by atoms with E-state index >= 15 is 0 Å². The van der Waals surface area contributed by atoms with E-state index < -0.39 is 0 Å². The van der Waals surface area contributed by atoms with Crippen LogP contribution in [0.2, 0.25) is 0 Å². The third kappa shape index (κ3) is 1.80. The van der Waals surface area contributed by atoms with Crippen LogP contribution in [0, 0.1) is 12.7 Å². The number of nitrogens with two attached hydrogens (primary N) is 1. The molecule has 3 heteroatoms. The number of methoxy groups -OCH3 is 1. The molecule has 0 fully saturated rings. The van der Waals surface area contributed by atoms with E-state index in [-0.39, 0.29) is 11.9 Å². The number of hydrogen-bond acceptors (Lipinski definition) is 2. The van der Waals surface area contributed by atoms with E-state index in [1.165, 1.54) is 13.2 Å². The van der Waals surface area contributed by atoms with Crippen LogP contribution in [0.1, 0.15) is 24.1 Å². The summed E-state index contributed by atoms with van der Waals surface area (Å²) < 4.78 is 18.4. The maximum absolute atomic E-state index is 13.3. The van der Waals surface area contributed by atoms with E-state index in [1.54, 1.807) is 13.0 Å². The van der Waals surface area contributed by atoms with Gasteiger partial charge in [0.15, 0.2) is 0 Å². The Balaban J connectivity index is 3.35. The number of halogens is 1. The summed E-state index contributed by atoms with van der Waals surface area (Å²) in [5, 5.41) is 0. The topological polar surface area (TPSA) is 35.2 Å². The summed E-state index contributed by atoms with van der Waals surface area (Å²) in [6, 6.07) is 2.74. The Morgan fingerprint density at radius 3 is 2.46 bits per heavy atom. The van der Waals surface area contributed by atoms with Gasteiger partial charge in [0.05, 0.1) is 7.11 Å². The first-order chi connectivity index (χ1) is 6.07. The predicted octanol–water partition coefficient (Wildman–Crippen LogP) is 2.16. The molecule has 0 bridgehead atoms. The highest BCUT2D eigenvalue weighted by molar-refractivity contribution is 5.43. The molecule has 2 N–H and O–H groups in total. The van der Waals surface area contributed by atoms with E-state index in [9.17, 15) is 4.39 Å². The van der Waals surface area contributed by atoms with E-state index in [4.69, 9.17) is 10.5 Å². The molecule has 0 radical (unpaired) electrons. The van der Waals surface area contributed by atoms with Gasteiger partial charge in [-0.2, -0.15) is 0 Å². The molecule has 0 aliphatic heterocycles. The Morgan fingerprint density at radius 2 is 2.08 bits per heavy atom. The van der Waals surface area contributed by atoms with Crippen molar-refractivity contribution < 1.29 is 9.13 Å². The van der Waals surface area contributed by atoms with Gasteiger partial charge >= 0.3 is 0 Å². The number of hydrogen-bond donors (Lipinski definition) is 1. The van der Waals surface area contributed by atoms with Crippen molar-refractivity contribution in [1.82, 2.24) is 0 Å². The highest BCUT2D eigenvalue weighted by Crippen LogP contribution is 2.29. The first kappa shape index (κ1) is 9.99. The Kier molecular flexibility index (Phi) is 2.88. The van der Waals surface area contributed by atoms with Gasteiger partial charge in [-0.05, 0) is 25.5 Å². The lowest BCUT2D eigenvalue weighted by Crippen LogP contribution is -2.10. The van der Waals surface area contributed by atoms with Crippen LogP contribution in [0.15, 0.2) is 12.1 Å². The molecule has 0 saturated carbocycles. The van der Waals surface area contributed by atoms with Crippen LogP contribution in [-0.2, 0) is 0 Å². The van der Waals surface area contributed by atoms with Gasteiger partial charge in [-0.25, -0.2) is 4.39 Å². The zero-order chi connectivity index (χ0) is 10.0. The Bertz CT molecular complexity index is 310. The van der Waals surface area contributed by atoms with Crippen molar-refractivity contribution in [2.75, 3.05) is 7.11 Å². The fraction of sp³-hybridized carbons (Fsp3) is 0.400. The fourth-order valence-corrected chi connectivity index (χ4v) is 1.38. The van der Waals surface area contributed by atoms with Gasteiger partial charge in [-0.1, -0.05) is 6.07 Å². The third-order valence-electron chi connectivity index (χ3n) is 2.00. The molecule has 0 heterocycles. The minimum Gasteiger partial charge on any atom is -0.496 e. The Hall–Kier alpha value is -1.09. The van der Waals surface area contributed by atoms with Gasteiger partial charge in [-0.15, -0.1) is 0 Å². The fourth-order valence-electron chi connectivity index (χ4n) is 1.38. The second-order valence-corrected chi connectivity index (χ2v) is 3.10. The molecule has 72 valence electrons. The average molecular weight is 183 g/mol. The highest BCUT2D eigenvalue weighted by atomic mass is 19.1. The molecule has 0 aliphatic rings. The van der Waals surface area contributed by atoms with E-state index in [0.29, 0.717) is 11.3 Å². The zero-order valence-electron chi connectivity index (χ0n) is 8.10. The molecular formula is C10H14FNO. The summed E-state index contributed by atoms with van der Waals surface area (Å²) in [7, 11) is 1.52. The SMILES string of the molecule is COc1c(C)ccc(F)c1C(C)N. The quantitative estimate of drug-likeness (QED) is 0.762. The number of ether oxygens (including phenoxy) is 1. The number of benzene rings is 1. The highest BCUT2D eigenvalue weighted by Gasteiger charge is 2.14. The van der Waals surface area contributed by atoms with Gasteiger partial charge in [0.25, 0.3) is 0 Å². The molecule has 1 aromatic rings. The molecule has 0 amide bonds. The molecule has 1 rings (SSSR count). The van der Waals surface area contributed by atoms with E-state index in [1.807, 2.05) is 6.92 Å². The third-order valence-corrected chi connectivity index (χ3v) is 2.00. The lowest BCUT2D eigenvalue weighted by atomic mass is 10.0. The molecule has 1 unspecified atom stereocenters. The van der Waals surface area contributed by atoms with Crippen LogP contribution < -0.4 is 10.5 Å². The average Bonchev–Trinajstić information content (AvgIpc) is 2.07. The zero-order valence-corrected chi connectivity index (χ0v) is 8.10. The van der Waals surface area contributed by atoms with Gasteiger partial charge in [-0.3, -0.25) is 0 Å². The summed E-state index contributed by atoms with van der Waals surface area (Å²) in [4.78, 5) is 0. The largest absolute Gasteiger partial charge is 0.496 e. The first-order valence-corrected chi connectivity index (χ1v) is 4.16. The van der Waals surface area contributed by atoms with Crippen molar-refractivity contribution in [2.24, 2.45) is 5.73 Å². The van der Waals surface area contributed by atoms with Gasteiger partial charge in [0.2, 0.25) is 0 Å². The van der Waals surface area contributed by atoms with Gasteiger partial charge in [0.1, 0.15) is 11.6 Å². The van der Waals surface area contributed by atoms with Crippen molar-refractivity contribution in [3.63, 3.8) is 0 Å². The van der Waals surface area contributed by atoms with Crippen LogP contribution in [-0.4, -0.2) is 7.11 Å². The molecule has 0 saturated heterocycles. The Labute approximate surface area is 77.5 Å². The number of rotatable bonds is 2. The van der Waals surface area contributed by atoms with Crippen LogP contribution in [0.4, 0.5) is 4.39 Å². The van der Waals surface area contributed by atoms with E-state index in [0.717, 1.165) is 5.56 Å². The minimum atomic E-state index is -0.352. The van der Waals surface area contributed by atoms with Gasteiger partial charge < -0.3 is 10.5 Å². The van der Waals surface area contributed by atoms with Gasteiger partial charge in [0, 0.05) is 11.6 Å². The minimum absolute atomic E-state index is 0.308. The molecule has 0 spiro atoms. The van der Waals surface area contributed by atoms with Crippen LogP contribution in [0.3, 0.4) is 0 Å². The maximum atomic E-state index is 13.3. The summed E-state index contributed by atoms with van der Waals surface area (Å²) in [5.41, 5.74) is 6.99. The molecule has 1 atom stereocenters. The van der Waals surface area contributed by atoms with Crippen molar-refractivity contribution >= 4 is 0 Å². The summed E-state index contributed by atoms with van der Waals surface area (Å²) in [6.45, 7) is 3.60. The predicted molar refractivity (Wildman–Crippen MR) is 50.3 cm³/mol. The molecule has 2 nitrogen and oxygen atoms in total. The normalized spacial score (nSPS) is 12.7. The smallest absolute Gasteiger partial charge is 0.131 e. The Morgan fingerprint density at radius 1 is 1.46 bits per heavy atom. The van der Waals surface area contributed by atoms with Crippen LogP contribution >= 0.6 is 0 Å². The maximum Gasteiger partial charge on any atom is 0.131 e. The second kappa shape index (κ2) is 3.75. The number of aryl methyl sites for hydroxylation is 1. The summed E-state index contributed by atoms with van der Waals surface area (Å²) in [5.74, 6) is 0.243. The first-order valence-electron chi connectivity index (χ1n) is 4.16. The molecule has 0 aliphatic carbocycles. The molecule has 1 aromatic carbocycles. The molecular weight excluding hydrogens is 169 g/mol. The molecule has 13 heavy (non-hydrogen) atoms. The van der Waals surface area contributed by atoms with E-state index in [2.05, 4.69) is 0 Å². The molecule has 0 aromatic heterocycles. The van der Waals surface area contributed by atoms with Crippen LogP contribution in [0.25, 0.3) is 0 Å². The lowest BCUT2D eigenvalue weighted by Gasteiger charge is -2.14. The summed E-state index contributed by atoms with van der Waals surface area (Å²) >= 11 is 0. The summed E-state index contributed by atoms with van der Waals surface area (Å²) in [6.07, 6.45) is 0. The van der Waals surface area contributed by atoms with Crippen molar-refractivity contribution in [3.05, 3.63) is 29.1 Å². The second-order valence-electron chi connectivity index (χ2n) is 3.10. The van der Waals surface area contributed by atoms with Crippen molar-refractivity contribution in [3.8, 4) is 5.75 Å². The monoisotopic (exact) mass is 183 g/mol. The lowest BCUT2D eigenvalue weighted by molar-refractivity contribution is 0.397. The standard InChI is InChI=1S/C10H14FNO/c1-6-4-5-8(11)9(7(2)12)10(6)13-3/h4-5,7H,12H2,1-3H3. The van der Waals surface area contributed by atoms with Crippen molar-refractivity contribution in [2.45, 2.75) is 19.9 Å². The van der Waals surface area contributed by atoms with Crippen molar-refractivity contribution in [1.29, 1.82) is 0 Å². The van der Waals surface area contributed by atoms with Crippen LogP contribution in [0.5, 0.6) is 5.75 Å².